The molecule has 1 aromatic heterocycles. The standard InChI is InChI=1S/C24H27N5O5/c25-19(10-16-6-8-18(30)9-7-16)22(31)28-20(11-15-4-2-1-3-5-15)23(32)29-21(24(33)34)12-17-13-26-14-27-17/h1-9,13-14,19-21,30H,10-12,25H2,(H,26,27)(H,28,31)(H,29,32)(H,33,34). The van der Waals surface area contributed by atoms with Gasteiger partial charge < -0.3 is 31.6 Å². The molecular weight excluding hydrogens is 438 g/mol. The molecule has 10 heteroatoms. The van der Waals surface area contributed by atoms with Gasteiger partial charge >= 0.3 is 5.97 Å². The van der Waals surface area contributed by atoms with Gasteiger partial charge in [-0.2, -0.15) is 0 Å². The molecule has 0 saturated carbocycles. The Kier molecular flexibility index (Phi) is 8.36. The molecule has 3 rings (SSSR count). The zero-order chi connectivity index (χ0) is 24.5. The van der Waals surface area contributed by atoms with E-state index in [1.807, 2.05) is 18.2 Å². The summed E-state index contributed by atoms with van der Waals surface area (Å²) >= 11 is 0. The summed E-state index contributed by atoms with van der Waals surface area (Å²) in [6, 6.07) is 12.2. The number of H-pyrrole nitrogens is 1. The predicted molar refractivity (Wildman–Crippen MR) is 124 cm³/mol. The molecule has 178 valence electrons. The van der Waals surface area contributed by atoms with Crippen LogP contribution >= 0.6 is 0 Å². The van der Waals surface area contributed by atoms with Gasteiger partial charge in [0.15, 0.2) is 0 Å². The van der Waals surface area contributed by atoms with E-state index in [0.29, 0.717) is 5.69 Å². The van der Waals surface area contributed by atoms with Crippen LogP contribution in [-0.4, -0.2) is 56.1 Å². The number of carbonyl (C=O) groups excluding carboxylic acids is 2. The van der Waals surface area contributed by atoms with Crippen LogP contribution in [0.2, 0.25) is 0 Å². The van der Waals surface area contributed by atoms with Crippen molar-refractivity contribution in [3.8, 4) is 5.75 Å². The maximum Gasteiger partial charge on any atom is 0.326 e. The Morgan fingerprint density at radius 1 is 0.882 bits per heavy atom. The number of carbonyl (C=O) groups is 3. The zero-order valence-electron chi connectivity index (χ0n) is 18.3. The first-order valence-electron chi connectivity index (χ1n) is 10.7. The molecule has 0 saturated heterocycles. The van der Waals surface area contributed by atoms with E-state index >= 15 is 0 Å². The van der Waals surface area contributed by atoms with Crippen molar-refractivity contribution in [2.45, 2.75) is 37.4 Å². The molecule has 3 atom stereocenters. The van der Waals surface area contributed by atoms with E-state index in [4.69, 9.17) is 5.73 Å². The third-order valence-corrected chi connectivity index (χ3v) is 5.24. The highest BCUT2D eigenvalue weighted by atomic mass is 16.4. The number of amides is 2. The first kappa shape index (κ1) is 24.5. The summed E-state index contributed by atoms with van der Waals surface area (Å²) in [5, 5.41) is 24.1. The number of nitrogens with zero attached hydrogens (tertiary/aromatic N) is 1. The van der Waals surface area contributed by atoms with Crippen LogP contribution in [0, 0.1) is 0 Å². The summed E-state index contributed by atoms with van der Waals surface area (Å²) in [7, 11) is 0. The van der Waals surface area contributed by atoms with E-state index in [1.54, 1.807) is 24.3 Å². The zero-order valence-corrected chi connectivity index (χ0v) is 18.3. The van der Waals surface area contributed by atoms with Gasteiger partial charge in [-0.05, 0) is 29.7 Å². The van der Waals surface area contributed by atoms with Crippen LogP contribution in [0.15, 0.2) is 67.1 Å². The smallest absolute Gasteiger partial charge is 0.326 e. The van der Waals surface area contributed by atoms with Crippen molar-refractivity contribution >= 4 is 17.8 Å². The van der Waals surface area contributed by atoms with Crippen molar-refractivity contribution in [2.75, 3.05) is 0 Å². The van der Waals surface area contributed by atoms with E-state index in [2.05, 4.69) is 20.6 Å². The second kappa shape index (κ2) is 11.6. The summed E-state index contributed by atoms with van der Waals surface area (Å²) < 4.78 is 0. The van der Waals surface area contributed by atoms with Crippen LogP contribution < -0.4 is 16.4 Å². The number of phenols is 1. The number of phenolic OH excluding ortho intramolecular Hbond substituents is 1. The highest BCUT2D eigenvalue weighted by molar-refractivity contribution is 5.92. The number of aromatic nitrogens is 2. The molecule has 0 fully saturated rings. The molecular formula is C24H27N5O5. The number of benzene rings is 2. The second-order valence-electron chi connectivity index (χ2n) is 7.91. The molecule has 2 amide bonds. The Labute approximate surface area is 196 Å². The first-order valence-corrected chi connectivity index (χ1v) is 10.7. The number of aliphatic carboxylic acids is 1. The fourth-order valence-corrected chi connectivity index (χ4v) is 3.41. The second-order valence-corrected chi connectivity index (χ2v) is 7.91. The minimum atomic E-state index is -1.21. The maximum atomic E-state index is 13.1. The van der Waals surface area contributed by atoms with E-state index in [1.165, 1.54) is 24.7 Å². The molecule has 0 radical (unpaired) electrons. The monoisotopic (exact) mass is 465 g/mol. The minimum absolute atomic E-state index is 0.00738. The molecule has 3 unspecified atom stereocenters. The lowest BCUT2D eigenvalue weighted by atomic mass is 10.0. The Morgan fingerprint density at radius 2 is 1.53 bits per heavy atom. The maximum absolute atomic E-state index is 13.1. The SMILES string of the molecule is NC(Cc1ccc(O)cc1)C(=O)NC(Cc1ccccc1)C(=O)NC(Cc1cnc[nH]1)C(=O)O. The fraction of sp³-hybridized carbons (Fsp3) is 0.250. The molecule has 7 N–H and O–H groups in total. The topological polar surface area (TPSA) is 170 Å². The van der Waals surface area contributed by atoms with Gasteiger partial charge in [0.05, 0.1) is 12.4 Å². The average Bonchev–Trinajstić information content (AvgIpc) is 3.33. The van der Waals surface area contributed by atoms with Crippen LogP contribution in [0.1, 0.15) is 16.8 Å². The molecule has 0 spiro atoms. The third-order valence-electron chi connectivity index (χ3n) is 5.24. The van der Waals surface area contributed by atoms with Gasteiger partial charge in [0.25, 0.3) is 0 Å². The van der Waals surface area contributed by atoms with Crippen molar-refractivity contribution in [3.63, 3.8) is 0 Å². The van der Waals surface area contributed by atoms with Gasteiger partial charge in [-0.3, -0.25) is 9.59 Å². The Balaban J connectivity index is 1.71. The van der Waals surface area contributed by atoms with Gasteiger partial charge in [0, 0.05) is 24.7 Å². The van der Waals surface area contributed by atoms with Gasteiger partial charge in [0.2, 0.25) is 11.8 Å². The Hall–Kier alpha value is -4.18. The van der Waals surface area contributed by atoms with E-state index in [-0.39, 0.29) is 25.0 Å². The number of hydrogen-bond acceptors (Lipinski definition) is 6. The molecule has 0 aliphatic carbocycles. The number of nitrogens with two attached hydrogens (primary N) is 1. The Bertz CT molecular complexity index is 1090. The molecule has 34 heavy (non-hydrogen) atoms. The summed E-state index contributed by atoms with van der Waals surface area (Å²) in [4.78, 5) is 44.3. The molecule has 0 bridgehead atoms. The van der Waals surface area contributed by atoms with Gasteiger partial charge in [-0.1, -0.05) is 42.5 Å². The largest absolute Gasteiger partial charge is 0.508 e. The van der Waals surface area contributed by atoms with Crippen molar-refractivity contribution in [1.29, 1.82) is 0 Å². The van der Waals surface area contributed by atoms with Crippen LogP contribution in [0.25, 0.3) is 0 Å². The highest BCUT2D eigenvalue weighted by Gasteiger charge is 2.28. The predicted octanol–water partition coefficient (Wildman–Crippen LogP) is 0.525. The van der Waals surface area contributed by atoms with Crippen molar-refractivity contribution in [3.05, 3.63) is 83.9 Å². The number of aromatic amines is 1. The third kappa shape index (κ3) is 7.17. The quantitative estimate of drug-likeness (QED) is 0.240. The molecule has 0 aliphatic heterocycles. The summed E-state index contributed by atoms with van der Waals surface area (Å²) in [6.07, 6.45) is 3.26. The molecule has 0 aliphatic rings. The number of rotatable bonds is 11. The van der Waals surface area contributed by atoms with Crippen LogP contribution in [-0.2, 0) is 33.6 Å². The Morgan fingerprint density at radius 3 is 2.15 bits per heavy atom. The summed E-state index contributed by atoms with van der Waals surface area (Å²) in [5.41, 5.74) is 8.14. The van der Waals surface area contributed by atoms with E-state index in [9.17, 15) is 24.6 Å². The molecule has 1 heterocycles. The molecule has 3 aromatic rings. The van der Waals surface area contributed by atoms with Crippen LogP contribution in [0.4, 0.5) is 0 Å². The van der Waals surface area contributed by atoms with Crippen LogP contribution in [0.3, 0.4) is 0 Å². The van der Waals surface area contributed by atoms with E-state index < -0.39 is 35.9 Å². The van der Waals surface area contributed by atoms with Crippen molar-refractivity contribution in [1.82, 2.24) is 20.6 Å². The fourth-order valence-electron chi connectivity index (χ4n) is 3.41. The lowest BCUT2D eigenvalue weighted by Crippen LogP contribution is -2.55. The van der Waals surface area contributed by atoms with Gasteiger partial charge in [-0.15, -0.1) is 0 Å². The van der Waals surface area contributed by atoms with Gasteiger partial charge in [0.1, 0.15) is 17.8 Å². The minimum Gasteiger partial charge on any atom is -0.508 e. The average molecular weight is 466 g/mol. The number of aromatic hydroxyl groups is 1. The highest BCUT2D eigenvalue weighted by Crippen LogP contribution is 2.11. The normalized spacial score (nSPS) is 13.4. The molecule has 10 nitrogen and oxygen atoms in total. The first-order chi connectivity index (χ1) is 16.3. The number of carboxylic acids is 1. The van der Waals surface area contributed by atoms with Crippen LogP contribution in [0.5, 0.6) is 5.75 Å². The van der Waals surface area contributed by atoms with E-state index in [0.717, 1.165) is 11.1 Å². The van der Waals surface area contributed by atoms with Gasteiger partial charge in [-0.25, -0.2) is 9.78 Å². The lowest BCUT2D eigenvalue weighted by molar-refractivity contribution is -0.142. The number of hydrogen-bond donors (Lipinski definition) is 6. The van der Waals surface area contributed by atoms with Crippen molar-refractivity contribution < 1.29 is 24.6 Å². The number of carboxylic acid groups (broad SMARTS) is 1. The number of nitrogens with one attached hydrogen (secondary N) is 3. The molecule has 2 aromatic carbocycles. The summed E-state index contributed by atoms with van der Waals surface area (Å²) in [5.74, 6) is -2.30. The number of imidazole rings is 1. The van der Waals surface area contributed by atoms with Crippen molar-refractivity contribution in [2.24, 2.45) is 5.73 Å². The summed E-state index contributed by atoms with van der Waals surface area (Å²) in [6.45, 7) is 0. The lowest BCUT2D eigenvalue weighted by Gasteiger charge is -2.23.